The van der Waals surface area contributed by atoms with Gasteiger partial charge in [-0.1, -0.05) is 30.3 Å². The van der Waals surface area contributed by atoms with E-state index in [9.17, 15) is 4.79 Å². The van der Waals surface area contributed by atoms with Crippen LogP contribution in [0.5, 0.6) is 0 Å². The van der Waals surface area contributed by atoms with Crippen LogP contribution in [0.15, 0.2) is 30.3 Å². The van der Waals surface area contributed by atoms with E-state index in [1.165, 1.54) is 0 Å². The van der Waals surface area contributed by atoms with E-state index in [2.05, 4.69) is 12.6 Å². The van der Waals surface area contributed by atoms with Gasteiger partial charge >= 0.3 is 22.4 Å². The Hall–Kier alpha value is -0.150. The molecule has 0 aliphatic heterocycles. The van der Waals surface area contributed by atoms with Gasteiger partial charge in [-0.05, 0) is 5.56 Å². The van der Waals surface area contributed by atoms with Gasteiger partial charge in [0.15, 0.2) is 0 Å². The second kappa shape index (κ2) is 4.63. The van der Waals surface area contributed by atoms with Crippen LogP contribution in [0.1, 0.15) is 10.4 Å². The Balaban J connectivity index is 0.000000810. The SMILES string of the molecule is O=C([S-])c1ccccc1.[Ag+]. The summed E-state index contributed by atoms with van der Waals surface area (Å²) in [6, 6.07) is 8.84. The predicted octanol–water partition coefficient (Wildman–Crippen LogP) is 1.37. The van der Waals surface area contributed by atoms with Crippen molar-refractivity contribution in [3.63, 3.8) is 0 Å². The quantitative estimate of drug-likeness (QED) is 0.549. The maximum absolute atomic E-state index is 10.5. The Labute approximate surface area is 80.7 Å². The molecule has 0 aliphatic carbocycles. The number of benzene rings is 1. The third-order valence-corrected chi connectivity index (χ3v) is 1.25. The van der Waals surface area contributed by atoms with E-state index < -0.39 is 0 Å². The molecule has 3 heteroatoms. The molecule has 0 saturated heterocycles. The number of hydrogen-bond acceptors (Lipinski definition) is 2. The van der Waals surface area contributed by atoms with Gasteiger partial charge in [-0.15, -0.1) is 0 Å². The first-order chi connectivity index (χ1) is 4.30. The maximum atomic E-state index is 10.5. The van der Waals surface area contributed by atoms with Crippen molar-refractivity contribution >= 4 is 17.7 Å². The van der Waals surface area contributed by atoms with Crippen molar-refractivity contribution in [1.29, 1.82) is 0 Å². The topological polar surface area (TPSA) is 17.1 Å². The van der Waals surface area contributed by atoms with E-state index in [0.29, 0.717) is 5.56 Å². The van der Waals surface area contributed by atoms with Crippen LogP contribution < -0.4 is 0 Å². The van der Waals surface area contributed by atoms with E-state index >= 15 is 0 Å². The van der Waals surface area contributed by atoms with Gasteiger partial charge in [-0.2, -0.15) is 0 Å². The minimum atomic E-state index is -0.296. The second-order valence-corrected chi connectivity index (χ2v) is 2.02. The molecule has 0 atom stereocenters. The molecule has 1 aromatic rings. The van der Waals surface area contributed by atoms with Gasteiger partial charge < -0.3 is 17.4 Å². The summed E-state index contributed by atoms with van der Waals surface area (Å²) in [5, 5.41) is -0.296. The van der Waals surface area contributed by atoms with E-state index in [1.54, 1.807) is 24.3 Å². The number of carbonyl (C=O) groups excluding carboxylic acids is 1. The fraction of sp³-hybridized carbons (Fsp3) is 0. The molecule has 1 rings (SSSR count). The average Bonchev–Trinajstić information content (AvgIpc) is 1.90. The molecule has 0 heterocycles. The molecule has 0 fully saturated rings. The van der Waals surface area contributed by atoms with Gasteiger partial charge in [-0.3, -0.25) is 0 Å². The smallest absolute Gasteiger partial charge is 0.737 e. The van der Waals surface area contributed by atoms with Crippen LogP contribution in [0.2, 0.25) is 0 Å². The van der Waals surface area contributed by atoms with Crippen molar-refractivity contribution < 1.29 is 27.2 Å². The van der Waals surface area contributed by atoms with Crippen LogP contribution in [-0.4, -0.2) is 5.12 Å². The Morgan fingerprint density at radius 3 is 2.00 bits per heavy atom. The first-order valence-electron chi connectivity index (χ1n) is 2.57. The second-order valence-electron chi connectivity index (χ2n) is 1.65. The molecule has 56 valence electrons. The van der Waals surface area contributed by atoms with Gasteiger partial charge in [0.2, 0.25) is 0 Å². The summed E-state index contributed by atoms with van der Waals surface area (Å²) in [4.78, 5) is 10.5. The molecule has 0 spiro atoms. The predicted molar refractivity (Wildman–Crippen MR) is 38.1 cm³/mol. The summed E-state index contributed by atoms with van der Waals surface area (Å²) >= 11 is 4.41. The zero-order valence-corrected chi connectivity index (χ0v) is 7.30. The van der Waals surface area contributed by atoms with Crippen molar-refractivity contribution in [3.05, 3.63) is 35.9 Å². The minimum Gasteiger partial charge on any atom is -0.737 e. The van der Waals surface area contributed by atoms with Crippen molar-refractivity contribution in [1.82, 2.24) is 0 Å². The Morgan fingerprint density at radius 2 is 1.70 bits per heavy atom. The normalized spacial score (nSPS) is 8.00. The molecule has 0 saturated carbocycles. The number of carbonyl (C=O) groups is 1. The van der Waals surface area contributed by atoms with E-state index in [-0.39, 0.29) is 27.5 Å². The third-order valence-electron chi connectivity index (χ3n) is 1.01. The van der Waals surface area contributed by atoms with E-state index in [1.807, 2.05) is 6.07 Å². The largest absolute Gasteiger partial charge is 1.00 e. The van der Waals surface area contributed by atoms with Crippen LogP contribution in [0.4, 0.5) is 0 Å². The van der Waals surface area contributed by atoms with Crippen LogP contribution in [-0.2, 0) is 35.0 Å². The van der Waals surface area contributed by atoms with Crippen molar-refractivity contribution in [2.24, 2.45) is 0 Å². The van der Waals surface area contributed by atoms with Crippen LogP contribution >= 0.6 is 0 Å². The molecular weight excluding hydrogens is 240 g/mol. The first kappa shape index (κ1) is 9.85. The molecule has 0 N–H and O–H groups in total. The third kappa shape index (κ3) is 2.62. The summed E-state index contributed by atoms with van der Waals surface area (Å²) in [5.74, 6) is 0. The van der Waals surface area contributed by atoms with Gasteiger partial charge in [0, 0.05) is 5.12 Å². The van der Waals surface area contributed by atoms with Crippen molar-refractivity contribution in [3.8, 4) is 0 Å². The Morgan fingerprint density at radius 1 is 1.20 bits per heavy atom. The molecule has 0 unspecified atom stereocenters. The Bertz CT molecular complexity index is 210. The monoisotopic (exact) mass is 244 g/mol. The summed E-state index contributed by atoms with van der Waals surface area (Å²) in [6.07, 6.45) is 0. The van der Waals surface area contributed by atoms with Gasteiger partial charge in [-0.25, -0.2) is 0 Å². The molecule has 1 aromatic carbocycles. The van der Waals surface area contributed by atoms with Crippen molar-refractivity contribution in [2.75, 3.05) is 0 Å². The van der Waals surface area contributed by atoms with Crippen LogP contribution in [0, 0.1) is 0 Å². The zero-order chi connectivity index (χ0) is 6.69. The zero-order valence-electron chi connectivity index (χ0n) is 5.00. The van der Waals surface area contributed by atoms with Gasteiger partial charge in [0.1, 0.15) is 0 Å². The molecule has 0 bridgehead atoms. The molecule has 0 aliphatic rings. The first-order valence-corrected chi connectivity index (χ1v) is 2.98. The molecule has 0 amide bonds. The number of rotatable bonds is 1. The molecular formula is C7H5AgOS. The summed E-state index contributed by atoms with van der Waals surface area (Å²) in [6.45, 7) is 0. The summed E-state index contributed by atoms with van der Waals surface area (Å²) < 4.78 is 0. The fourth-order valence-corrected chi connectivity index (χ4v) is 0.710. The van der Waals surface area contributed by atoms with Crippen LogP contribution in [0.3, 0.4) is 0 Å². The van der Waals surface area contributed by atoms with E-state index in [0.717, 1.165) is 0 Å². The summed E-state index contributed by atoms with van der Waals surface area (Å²) in [7, 11) is 0. The molecule has 10 heavy (non-hydrogen) atoms. The minimum absolute atomic E-state index is 0. The average molecular weight is 245 g/mol. The van der Waals surface area contributed by atoms with Gasteiger partial charge in [0.25, 0.3) is 0 Å². The maximum Gasteiger partial charge on any atom is 1.00 e. The summed E-state index contributed by atoms with van der Waals surface area (Å²) in [5.41, 5.74) is 0.590. The molecule has 1 nitrogen and oxygen atoms in total. The number of hydrogen-bond donors (Lipinski definition) is 0. The standard InChI is InChI=1S/C7H6OS.Ag/c8-7(9)6-4-2-1-3-5-6;/h1-5H,(H,8,9);/q;+1/p-1. The molecule has 0 radical (unpaired) electrons. The van der Waals surface area contributed by atoms with Crippen LogP contribution in [0.25, 0.3) is 0 Å². The van der Waals surface area contributed by atoms with Gasteiger partial charge in [0.05, 0.1) is 0 Å². The fourth-order valence-electron chi connectivity index (χ4n) is 0.574. The van der Waals surface area contributed by atoms with Crippen molar-refractivity contribution in [2.45, 2.75) is 0 Å². The Kier molecular flexibility index (Phi) is 4.56. The van der Waals surface area contributed by atoms with E-state index in [4.69, 9.17) is 0 Å². The molecule has 0 aromatic heterocycles.